The third-order valence-corrected chi connectivity index (χ3v) is 1.80. The van der Waals surface area contributed by atoms with Crippen LogP contribution < -0.4 is 5.73 Å². The summed E-state index contributed by atoms with van der Waals surface area (Å²) in [5.41, 5.74) is 6.13. The molecule has 1 aromatic heterocycles. The zero-order valence-electron chi connectivity index (χ0n) is 7.66. The average Bonchev–Trinajstić information content (AvgIpc) is 2.04. The van der Waals surface area contributed by atoms with Crippen molar-refractivity contribution in [3.8, 4) is 0 Å². The maximum Gasteiger partial charge on any atom is 0.320 e. The van der Waals surface area contributed by atoms with Gasteiger partial charge in [-0.15, -0.1) is 37.4 Å². The molecule has 0 aliphatic heterocycles. The van der Waals surface area contributed by atoms with E-state index >= 15 is 0 Å². The minimum absolute atomic E-state index is 0. The smallest absolute Gasteiger partial charge is 0.320 e. The molecule has 0 aromatic carbocycles. The predicted molar refractivity (Wildman–Crippen MR) is 65.3 cm³/mol. The third kappa shape index (κ3) is 5.84. The van der Waals surface area contributed by atoms with Crippen LogP contribution in [-0.4, -0.2) is 22.1 Å². The molecule has 0 saturated carbocycles. The lowest BCUT2D eigenvalue weighted by molar-refractivity contribution is -0.138. The number of halogens is 2. The van der Waals surface area contributed by atoms with Gasteiger partial charge in [-0.2, -0.15) is 0 Å². The SMILES string of the molecule is Cl.Cl.NC(Cc1cncc(S)c1)C(=O)O. The summed E-state index contributed by atoms with van der Waals surface area (Å²) in [5.74, 6) is -1.01. The van der Waals surface area contributed by atoms with E-state index in [1.165, 1.54) is 0 Å². The molecule has 15 heavy (non-hydrogen) atoms. The Morgan fingerprint density at radius 2 is 2.13 bits per heavy atom. The van der Waals surface area contributed by atoms with Crippen LogP contribution in [0.5, 0.6) is 0 Å². The minimum Gasteiger partial charge on any atom is -0.480 e. The molecule has 0 spiro atoms. The predicted octanol–water partition coefficient (Wildman–Crippen LogP) is 1.17. The summed E-state index contributed by atoms with van der Waals surface area (Å²) in [4.78, 5) is 15.0. The summed E-state index contributed by atoms with van der Waals surface area (Å²) in [6.45, 7) is 0. The zero-order valence-corrected chi connectivity index (χ0v) is 10.2. The maximum atomic E-state index is 10.4. The van der Waals surface area contributed by atoms with Crippen molar-refractivity contribution in [2.45, 2.75) is 17.4 Å². The third-order valence-electron chi connectivity index (χ3n) is 1.55. The lowest BCUT2D eigenvalue weighted by Gasteiger charge is -2.05. The number of aromatic nitrogens is 1. The number of rotatable bonds is 3. The van der Waals surface area contributed by atoms with Gasteiger partial charge in [0.05, 0.1) is 0 Å². The highest BCUT2D eigenvalue weighted by atomic mass is 35.5. The van der Waals surface area contributed by atoms with Crippen LogP contribution in [0, 0.1) is 0 Å². The van der Waals surface area contributed by atoms with Crippen LogP contribution in [0.4, 0.5) is 0 Å². The summed E-state index contributed by atoms with van der Waals surface area (Å²) in [6, 6.07) is 0.871. The molecule has 1 unspecified atom stereocenters. The molecular weight excluding hydrogens is 259 g/mol. The summed E-state index contributed by atoms with van der Waals surface area (Å²) >= 11 is 4.08. The number of carboxylic acid groups (broad SMARTS) is 1. The van der Waals surface area contributed by atoms with Crippen LogP contribution in [0.1, 0.15) is 5.56 Å². The van der Waals surface area contributed by atoms with E-state index in [2.05, 4.69) is 17.6 Å². The van der Waals surface area contributed by atoms with E-state index in [0.29, 0.717) is 4.90 Å². The molecule has 1 rings (SSSR count). The van der Waals surface area contributed by atoms with Crippen molar-refractivity contribution in [1.82, 2.24) is 4.98 Å². The highest BCUT2D eigenvalue weighted by molar-refractivity contribution is 7.80. The van der Waals surface area contributed by atoms with Gasteiger partial charge in [0.25, 0.3) is 0 Å². The number of nitrogens with two attached hydrogens (primary N) is 1. The van der Waals surface area contributed by atoms with Gasteiger partial charge in [0.2, 0.25) is 0 Å². The second-order valence-electron chi connectivity index (χ2n) is 2.70. The lowest BCUT2D eigenvalue weighted by atomic mass is 10.1. The highest BCUT2D eigenvalue weighted by Crippen LogP contribution is 2.07. The van der Waals surface area contributed by atoms with Gasteiger partial charge in [0.1, 0.15) is 6.04 Å². The Bertz CT molecular complexity index is 325. The van der Waals surface area contributed by atoms with Crippen LogP contribution in [0.3, 0.4) is 0 Å². The summed E-state index contributed by atoms with van der Waals surface area (Å²) in [7, 11) is 0. The Morgan fingerprint density at radius 3 is 2.60 bits per heavy atom. The largest absolute Gasteiger partial charge is 0.480 e. The molecule has 86 valence electrons. The van der Waals surface area contributed by atoms with Gasteiger partial charge in [-0.1, -0.05) is 0 Å². The van der Waals surface area contributed by atoms with E-state index in [0.717, 1.165) is 5.56 Å². The van der Waals surface area contributed by atoms with Crippen LogP contribution in [0.25, 0.3) is 0 Å². The molecule has 0 fully saturated rings. The number of pyridine rings is 1. The first-order valence-electron chi connectivity index (χ1n) is 3.71. The Kier molecular flexibility index (Phi) is 8.75. The fraction of sp³-hybridized carbons (Fsp3) is 0.250. The van der Waals surface area contributed by atoms with E-state index < -0.39 is 12.0 Å². The molecule has 0 amide bonds. The second-order valence-corrected chi connectivity index (χ2v) is 3.22. The number of thiol groups is 1. The molecule has 4 nitrogen and oxygen atoms in total. The molecule has 1 heterocycles. The molecule has 0 aliphatic rings. The Hall–Kier alpha value is -0.490. The maximum absolute atomic E-state index is 10.4. The second kappa shape index (κ2) is 7.76. The van der Waals surface area contributed by atoms with E-state index in [1.807, 2.05) is 0 Å². The molecule has 0 aliphatic carbocycles. The van der Waals surface area contributed by atoms with Gasteiger partial charge in [-0.3, -0.25) is 9.78 Å². The zero-order chi connectivity index (χ0) is 9.84. The summed E-state index contributed by atoms with van der Waals surface area (Å²) in [5, 5.41) is 8.55. The number of aliphatic carboxylic acids is 1. The molecular formula is C8H12Cl2N2O2S. The Morgan fingerprint density at radius 1 is 1.53 bits per heavy atom. The van der Waals surface area contributed by atoms with Crippen molar-refractivity contribution in [3.63, 3.8) is 0 Å². The Labute approximate surface area is 106 Å². The number of carboxylic acids is 1. The molecule has 0 saturated heterocycles. The summed E-state index contributed by atoms with van der Waals surface area (Å²) in [6.07, 6.45) is 3.44. The van der Waals surface area contributed by atoms with Crippen molar-refractivity contribution in [3.05, 3.63) is 24.0 Å². The molecule has 7 heteroatoms. The first-order chi connectivity index (χ1) is 6.09. The van der Waals surface area contributed by atoms with Crippen molar-refractivity contribution in [2.24, 2.45) is 5.73 Å². The van der Waals surface area contributed by atoms with Crippen molar-refractivity contribution in [1.29, 1.82) is 0 Å². The topological polar surface area (TPSA) is 76.2 Å². The van der Waals surface area contributed by atoms with Gasteiger partial charge in [0.15, 0.2) is 0 Å². The highest BCUT2D eigenvalue weighted by Gasteiger charge is 2.11. The van der Waals surface area contributed by atoms with Crippen molar-refractivity contribution >= 4 is 43.4 Å². The van der Waals surface area contributed by atoms with Gasteiger partial charge >= 0.3 is 5.97 Å². The Balaban J connectivity index is 0. The van der Waals surface area contributed by atoms with Crippen LogP contribution in [0.2, 0.25) is 0 Å². The quantitative estimate of drug-likeness (QED) is 0.721. The summed E-state index contributed by atoms with van der Waals surface area (Å²) < 4.78 is 0. The van der Waals surface area contributed by atoms with Crippen molar-refractivity contribution in [2.75, 3.05) is 0 Å². The van der Waals surface area contributed by atoms with E-state index in [9.17, 15) is 4.79 Å². The van der Waals surface area contributed by atoms with E-state index in [-0.39, 0.29) is 31.2 Å². The van der Waals surface area contributed by atoms with Gasteiger partial charge < -0.3 is 10.8 Å². The number of hydrogen-bond acceptors (Lipinski definition) is 4. The molecule has 0 radical (unpaired) electrons. The molecule has 0 bridgehead atoms. The number of nitrogens with zero attached hydrogens (tertiary/aromatic N) is 1. The standard InChI is InChI=1S/C8H10N2O2S.2ClH/c9-7(8(11)12)2-5-1-6(13)4-10-3-5;;/h1,3-4,7,13H,2,9H2,(H,11,12);2*1H. The monoisotopic (exact) mass is 270 g/mol. The molecule has 3 N–H and O–H groups in total. The number of carbonyl (C=O) groups is 1. The van der Waals surface area contributed by atoms with Crippen molar-refractivity contribution < 1.29 is 9.90 Å². The van der Waals surface area contributed by atoms with E-state index in [1.54, 1.807) is 18.5 Å². The van der Waals surface area contributed by atoms with Crippen LogP contribution in [-0.2, 0) is 11.2 Å². The lowest BCUT2D eigenvalue weighted by Crippen LogP contribution is -2.32. The van der Waals surface area contributed by atoms with Gasteiger partial charge in [-0.05, 0) is 18.1 Å². The van der Waals surface area contributed by atoms with Crippen LogP contribution in [0.15, 0.2) is 23.4 Å². The first-order valence-corrected chi connectivity index (χ1v) is 4.15. The van der Waals surface area contributed by atoms with E-state index in [4.69, 9.17) is 10.8 Å². The number of hydrogen-bond donors (Lipinski definition) is 3. The first kappa shape index (κ1) is 16.9. The van der Waals surface area contributed by atoms with Crippen LogP contribution >= 0.6 is 37.4 Å². The normalized spacial score (nSPS) is 10.8. The fourth-order valence-electron chi connectivity index (χ4n) is 0.927. The minimum atomic E-state index is -1.01. The molecule has 1 aromatic rings. The average molecular weight is 271 g/mol. The fourth-order valence-corrected chi connectivity index (χ4v) is 1.16. The van der Waals surface area contributed by atoms with Gasteiger partial charge in [0, 0.05) is 17.3 Å². The molecule has 1 atom stereocenters. The van der Waals surface area contributed by atoms with Gasteiger partial charge in [-0.25, -0.2) is 0 Å².